The molecule has 0 radical (unpaired) electrons. The molecule has 1 aromatic carbocycles. The largest absolute Gasteiger partial charge is 0.338 e. The van der Waals surface area contributed by atoms with Gasteiger partial charge in [-0.2, -0.15) is 18.7 Å². The van der Waals surface area contributed by atoms with Gasteiger partial charge in [-0.1, -0.05) is 29.4 Å². The molecule has 43 heavy (non-hydrogen) atoms. The highest BCUT2D eigenvalue weighted by molar-refractivity contribution is 5.94. The molecule has 0 spiro atoms. The Bertz CT molecular complexity index is 1560. The van der Waals surface area contributed by atoms with Gasteiger partial charge in [0.1, 0.15) is 5.67 Å². The first-order chi connectivity index (χ1) is 20.3. The Morgan fingerprint density at radius 2 is 1.65 bits per heavy atom. The number of amides is 1. The molecule has 11 heteroatoms. The Labute approximate surface area is 247 Å². The smallest absolute Gasteiger partial charge is 0.322 e. The van der Waals surface area contributed by atoms with Gasteiger partial charge in [-0.25, -0.2) is 4.39 Å². The molecule has 2 aromatic heterocycles. The monoisotopic (exact) mass is 595 g/mol. The minimum absolute atomic E-state index is 0.0166. The fourth-order valence-electron chi connectivity index (χ4n) is 8.38. The molecule has 2 heterocycles. The topological polar surface area (TPSA) is 98.2 Å². The summed E-state index contributed by atoms with van der Waals surface area (Å²) in [6, 6.07) is 7.75. The van der Waals surface area contributed by atoms with Crippen molar-refractivity contribution >= 4 is 11.6 Å². The summed E-state index contributed by atoms with van der Waals surface area (Å²) < 4.78 is 52.5. The summed E-state index contributed by atoms with van der Waals surface area (Å²) in [5.74, 6) is -2.27. The highest BCUT2D eigenvalue weighted by atomic mass is 19.3. The molecule has 7 aliphatic rings. The normalized spacial score (nSPS) is 33.5. The van der Waals surface area contributed by atoms with E-state index in [1.54, 1.807) is 0 Å². The fraction of sp³-hybridized carbons (Fsp3) is 0.656. The molecule has 0 atom stereocenters. The Kier molecular flexibility index (Phi) is 5.52. The molecule has 0 N–H and O–H groups in total. The number of carbonyl (C=O) groups excluding carboxylic acids is 1. The van der Waals surface area contributed by atoms with Gasteiger partial charge in [0.15, 0.2) is 5.82 Å². The number of hydrogen-bond acceptors (Lipinski definition) is 7. The van der Waals surface area contributed by atoms with E-state index in [9.17, 15) is 18.0 Å². The van der Waals surface area contributed by atoms with Crippen LogP contribution in [0.1, 0.15) is 109 Å². The van der Waals surface area contributed by atoms with E-state index in [2.05, 4.69) is 27.2 Å². The van der Waals surface area contributed by atoms with Crippen molar-refractivity contribution in [2.24, 2.45) is 10.8 Å². The third-order valence-corrected chi connectivity index (χ3v) is 11.4. The molecule has 8 nitrogen and oxygen atoms in total. The van der Waals surface area contributed by atoms with Gasteiger partial charge in [-0.15, -0.1) is 0 Å². The van der Waals surface area contributed by atoms with E-state index < -0.39 is 17.5 Å². The molecule has 3 aromatic rings. The minimum atomic E-state index is -3.18. The quantitative estimate of drug-likeness (QED) is 0.258. The predicted molar refractivity (Wildman–Crippen MR) is 149 cm³/mol. The highest BCUT2D eigenvalue weighted by Gasteiger charge is 2.69. The van der Waals surface area contributed by atoms with Crippen LogP contribution in [0.25, 0.3) is 11.4 Å². The zero-order chi connectivity index (χ0) is 29.9. The number of benzene rings is 1. The second-order valence-electron chi connectivity index (χ2n) is 15.0. The van der Waals surface area contributed by atoms with Crippen LogP contribution in [0.4, 0.5) is 18.9 Å². The number of fused-ring (bicyclic) bond motifs is 3. The van der Waals surface area contributed by atoms with Crippen LogP contribution < -0.4 is 4.90 Å². The van der Waals surface area contributed by atoms with Crippen molar-refractivity contribution in [3.63, 3.8) is 0 Å². The maximum Gasteiger partial charge on any atom is 0.322 e. The van der Waals surface area contributed by atoms with Gasteiger partial charge in [0.2, 0.25) is 17.6 Å². The molecular formula is C32H36F3N5O3. The predicted octanol–water partition coefficient (Wildman–Crippen LogP) is 7.19. The Morgan fingerprint density at radius 3 is 2.26 bits per heavy atom. The van der Waals surface area contributed by atoms with Crippen LogP contribution in [0.15, 0.2) is 33.3 Å². The maximum absolute atomic E-state index is 14.4. The minimum Gasteiger partial charge on any atom is -0.338 e. The standard InChI is InChI=1S/C32H36F3N5O3/c1-27(6-7-27)25-36-23(38-42-25)20-4-3-5-21(14-20)40(22(41)15-30-16-32(35,17-30)18-30)19-29-8-11-31(12-9-29,13-10-29)24-37-26(43-39-24)28(2,33)34/h3-5,14H,6-13,15-19H2,1-2H3. The van der Waals surface area contributed by atoms with Gasteiger partial charge in [-0.05, 0) is 93.6 Å². The van der Waals surface area contributed by atoms with Crippen molar-refractivity contribution in [3.8, 4) is 11.4 Å². The average molecular weight is 596 g/mol. The Hall–Kier alpha value is -3.24. The molecule has 0 aliphatic heterocycles. The summed E-state index contributed by atoms with van der Waals surface area (Å²) >= 11 is 0. The van der Waals surface area contributed by atoms with Gasteiger partial charge >= 0.3 is 5.92 Å². The zero-order valence-electron chi connectivity index (χ0n) is 24.6. The van der Waals surface area contributed by atoms with Gasteiger partial charge in [0, 0.05) is 42.0 Å². The summed E-state index contributed by atoms with van der Waals surface area (Å²) in [6.45, 7) is 3.43. The first-order valence-corrected chi connectivity index (χ1v) is 15.5. The van der Waals surface area contributed by atoms with E-state index >= 15 is 0 Å². The second kappa shape index (κ2) is 8.69. The summed E-state index contributed by atoms with van der Waals surface area (Å²) in [6.07, 6.45) is 8.56. The number of nitrogens with zero attached hydrogens (tertiary/aromatic N) is 5. The van der Waals surface area contributed by atoms with E-state index in [1.807, 2.05) is 29.2 Å². The van der Waals surface area contributed by atoms with Gasteiger partial charge in [-0.3, -0.25) is 4.79 Å². The lowest BCUT2D eigenvalue weighted by Gasteiger charge is -2.66. The second-order valence-corrected chi connectivity index (χ2v) is 15.0. The molecule has 0 unspecified atom stereocenters. The number of halogens is 3. The lowest BCUT2D eigenvalue weighted by Crippen LogP contribution is -2.65. The van der Waals surface area contributed by atoms with Crippen LogP contribution in [0.3, 0.4) is 0 Å². The average Bonchev–Trinajstić information content (AvgIpc) is 3.35. The number of rotatable bonds is 9. The molecule has 10 rings (SSSR count). The summed E-state index contributed by atoms with van der Waals surface area (Å²) in [4.78, 5) is 24.7. The SMILES string of the molecule is CC(F)(F)c1nc(C23CCC(CN(C(=O)CC45CC(F)(C4)C5)c4cccc(-c5noc(C6(C)CC6)n5)c4)(CC2)CC3)no1. The first-order valence-electron chi connectivity index (χ1n) is 15.5. The molecule has 7 aliphatic carbocycles. The first kappa shape index (κ1) is 27.3. The zero-order valence-corrected chi connectivity index (χ0v) is 24.6. The third kappa shape index (κ3) is 4.43. The third-order valence-electron chi connectivity index (χ3n) is 11.4. The van der Waals surface area contributed by atoms with Crippen molar-refractivity contribution in [3.05, 3.63) is 41.9 Å². The lowest BCUT2D eigenvalue weighted by molar-refractivity contribution is -0.215. The Morgan fingerprint density at radius 1 is 0.953 bits per heavy atom. The van der Waals surface area contributed by atoms with Crippen molar-refractivity contribution in [2.45, 2.75) is 113 Å². The van der Waals surface area contributed by atoms with Gasteiger partial charge in [0.25, 0.3) is 5.89 Å². The molecule has 228 valence electrons. The van der Waals surface area contributed by atoms with Crippen LogP contribution in [-0.2, 0) is 21.5 Å². The molecule has 7 saturated carbocycles. The Balaban J connectivity index is 1.05. The molecule has 0 saturated heterocycles. The van der Waals surface area contributed by atoms with Crippen molar-refractivity contribution in [1.29, 1.82) is 0 Å². The number of hydrogen-bond donors (Lipinski definition) is 0. The van der Waals surface area contributed by atoms with Crippen molar-refractivity contribution in [2.75, 3.05) is 11.4 Å². The molecule has 7 fully saturated rings. The van der Waals surface area contributed by atoms with Crippen LogP contribution in [0, 0.1) is 10.8 Å². The molecule has 1 amide bonds. The maximum atomic E-state index is 14.4. The van der Waals surface area contributed by atoms with E-state index in [1.165, 1.54) is 0 Å². The summed E-state index contributed by atoms with van der Waals surface area (Å²) in [5, 5.41) is 8.22. The van der Waals surface area contributed by atoms with Crippen molar-refractivity contribution < 1.29 is 27.0 Å². The lowest BCUT2D eigenvalue weighted by atomic mass is 9.41. The van der Waals surface area contributed by atoms with E-state index in [-0.39, 0.29) is 27.6 Å². The van der Waals surface area contributed by atoms with E-state index in [0.29, 0.717) is 49.8 Å². The molecular weight excluding hydrogens is 559 g/mol. The van der Waals surface area contributed by atoms with E-state index in [4.69, 9.17) is 9.05 Å². The van der Waals surface area contributed by atoms with Crippen LogP contribution in [0.2, 0.25) is 0 Å². The summed E-state index contributed by atoms with van der Waals surface area (Å²) in [7, 11) is 0. The van der Waals surface area contributed by atoms with Crippen LogP contribution in [-0.4, -0.2) is 38.4 Å². The fourth-order valence-corrected chi connectivity index (χ4v) is 8.38. The number of anilines is 1. The van der Waals surface area contributed by atoms with E-state index in [0.717, 1.165) is 69.5 Å². The van der Waals surface area contributed by atoms with Gasteiger partial charge in [0.05, 0.1) is 0 Å². The molecule has 4 bridgehead atoms. The summed E-state index contributed by atoms with van der Waals surface area (Å²) in [5.41, 5.74) is -0.254. The van der Waals surface area contributed by atoms with Gasteiger partial charge < -0.3 is 13.9 Å². The van der Waals surface area contributed by atoms with Crippen LogP contribution >= 0.6 is 0 Å². The van der Waals surface area contributed by atoms with Crippen molar-refractivity contribution in [1.82, 2.24) is 20.3 Å². The number of aromatic nitrogens is 4. The highest BCUT2D eigenvalue weighted by Crippen LogP contribution is 2.71. The number of alkyl halides is 3. The number of carbonyl (C=O) groups is 1. The van der Waals surface area contributed by atoms with Crippen LogP contribution in [0.5, 0.6) is 0 Å².